The first-order chi connectivity index (χ1) is 9.56. The highest BCUT2D eigenvalue weighted by Gasteiger charge is 2.11. The van der Waals surface area contributed by atoms with Gasteiger partial charge in [-0.2, -0.15) is 0 Å². The van der Waals surface area contributed by atoms with E-state index in [-0.39, 0.29) is 11.4 Å². The lowest BCUT2D eigenvalue weighted by molar-refractivity contribution is 0.100. The zero-order chi connectivity index (χ0) is 14.7. The van der Waals surface area contributed by atoms with Gasteiger partial charge in [0.05, 0.1) is 19.8 Å². The van der Waals surface area contributed by atoms with Crippen molar-refractivity contribution in [1.82, 2.24) is 4.98 Å². The van der Waals surface area contributed by atoms with E-state index < -0.39 is 5.91 Å². The van der Waals surface area contributed by atoms with Crippen molar-refractivity contribution in [3.63, 3.8) is 0 Å². The fourth-order valence-electron chi connectivity index (χ4n) is 1.85. The van der Waals surface area contributed by atoms with E-state index in [2.05, 4.69) is 4.98 Å². The first-order valence-corrected chi connectivity index (χ1v) is 5.84. The summed E-state index contributed by atoms with van der Waals surface area (Å²) < 4.78 is 10.4. The molecule has 2 aromatic rings. The second-order valence-corrected chi connectivity index (χ2v) is 4.09. The monoisotopic (exact) mass is 273 g/mol. The Kier molecular flexibility index (Phi) is 3.74. The van der Waals surface area contributed by atoms with Crippen LogP contribution in [0.3, 0.4) is 0 Å². The number of ether oxygens (including phenoxy) is 2. The van der Waals surface area contributed by atoms with E-state index in [1.54, 1.807) is 38.6 Å². The number of methoxy groups -OCH3 is 2. The number of hydrogen-bond donors (Lipinski definition) is 2. The standard InChI is InChI=1S/C14H15N3O3/c1-19-11-4-3-8(6-12(11)20-2)9-5-10(14(16)18)13(15)17-7-9/h3-7H,1-2H3,(H2,15,17)(H2,16,18). The number of nitrogens with zero attached hydrogens (tertiary/aromatic N) is 1. The van der Waals surface area contributed by atoms with Crippen molar-refractivity contribution in [3.8, 4) is 22.6 Å². The maximum Gasteiger partial charge on any atom is 0.252 e. The minimum absolute atomic E-state index is 0.113. The quantitative estimate of drug-likeness (QED) is 0.878. The van der Waals surface area contributed by atoms with Gasteiger partial charge in [-0.3, -0.25) is 4.79 Å². The van der Waals surface area contributed by atoms with Crippen LogP contribution in [0.2, 0.25) is 0 Å². The van der Waals surface area contributed by atoms with Crippen molar-refractivity contribution in [2.24, 2.45) is 5.73 Å². The molecule has 0 spiro atoms. The third-order valence-electron chi connectivity index (χ3n) is 2.90. The summed E-state index contributed by atoms with van der Waals surface area (Å²) in [6.07, 6.45) is 1.57. The number of pyridine rings is 1. The zero-order valence-corrected chi connectivity index (χ0v) is 11.2. The lowest BCUT2D eigenvalue weighted by Gasteiger charge is -2.10. The van der Waals surface area contributed by atoms with Crippen LogP contribution in [0.25, 0.3) is 11.1 Å². The van der Waals surface area contributed by atoms with E-state index in [1.807, 2.05) is 6.07 Å². The van der Waals surface area contributed by atoms with E-state index >= 15 is 0 Å². The van der Waals surface area contributed by atoms with E-state index in [1.165, 1.54) is 0 Å². The van der Waals surface area contributed by atoms with Gasteiger partial charge in [-0.25, -0.2) is 4.98 Å². The molecule has 0 radical (unpaired) electrons. The molecule has 0 saturated heterocycles. The van der Waals surface area contributed by atoms with Crippen LogP contribution >= 0.6 is 0 Å². The minimum atomic E-state index is -0.614. The number of anilines is 1. The first kappa shape index (κ1) is 13.7. The summed E-state index contributed by atoms with van der Waals surface area (Å²) >= 11 is 0. The second-order valence-electron chi connectivity index (χ2n) is 4.09. The van der Waals surface area contributed by atoms with E-state index in [9.17, 15) is 4.79 Å². The van der Waals surface area contributed by atoms with Crippen molar-refractivity contribution in [3.05, 3.63) is 36.0 Å². The molecule has 0 fully saturated rings. The summed E-state index contributed by atoms with van der Waals surface area (Å²) in [6.45, 7) is 0. The first-order valence-electron chi connectivity index (χ1n) is 5.84. The normalized spacial score (nSPS) is 10.1. The molecule has 0 aliphatic heterocycles. The molecule has 2 rings (SSSR count). The second kappa shape index (κ2) is 5.48. The fourth-order valence-corrected chi connectivity index (χ4v) is 1.85. The molecule has 1 heterocycles. The maximum absolute atomic E-state index is 11.3. The molecule has 4 N–H and O–H groups in total. The van der Waals surface area contributed by atoms with Crippen molar-refractivity contribution in [2.45, 2.75) is 0 Å². The number of carbonyl (C=O) groups excluding carboxylic acids is 1. The van der Waals surface area contributed by atoms with Crippen LogP contribution in [-0.4, -0.2) is 25.1 Å². The van der Waals surface area contributed by atoms with Crippen LogP contribution in [-0.2, 0) is 0 Å². The van der Waals surface area contributed by atoms with Crippen LogP contribution in [0.4, 0.5) is 5.82 Å². The lowest BCUT2D eigenvalue weighted by Crippen LogP contribution is -2.14. The molecule has 0 aliphatic rings. The van der Waals surface area contributed by atoms with Crippen LogP contribution in [0.1, 0.15) is 10.4 Å². The number of nitrogen functional groups attached to an aromatic ring is 1. The smallest absolute Gasteiger partial charge is 0.252 e. The van der Waals surface area contributed by atoms with Gasteiger partial charge in [0.15, 0.2) is 11.5 Å². The number of primary amides is 1. The molecule has 0 saturated carbocycles. The van der Waals surface area contributed by atoms with Gasteiger partial charge >= 0.3 is 0 Å². The molecular formula is C14H15N3O3. The van der Waals surface area contributed by atoms with Crippen molar-refractivity contribution < 1.29 is 14.3 Å². The van der Waals surface area contributed by atoms with Crippen LogP contribution in [0, 0.1) is 0 Å². The van der Waals surface area contributed by atoms with E-state index in [4.69, 9.17) is 20.9 Å². The Morgan fingerprint density at radius 3 is 2.40 bits per heavy atom. The predicted molar refractivity (Wildman–Crippen MR) is 75.7 cm³/mol. The van der Waals surface area contributed by atoms with Crippen LogP contribution < -0.4 is 20.9 Å². The zero-order valence-electron chi connectivity index (χ0n) is 11.2. The molecule has 1 amide bonds. The van der Waals surface area contributed by atoms with Gasteiger partial charge in [0, 0.05) is 11.8 Å². The molecule has 0 atom stereocenters. The summed E-state index contributed by atoms with van der Waals surface area (Å²) in [5.41, 5.74) is 12.6. The van der Waals surface area contributed by atoms with Gasteiger partial charge in [-0.05, 0) is 23.8 Å². The Bertz CT molecular complexity index is 656. The number of carbonyl (C=O) groups is 1. The van der Waals surface area contributed by atoms with Gasteiger partial charge in [-0.15, -0.1) is 0 Å². The number of hydrogen-bond acceptors (Lipinski definition) is 5. The largest absolute Gasteiger partial charge is 0.493 e. The molecule has 0 aliphatic carbocycles. The molecule has 20 heavy (non-hydrogen) atoms. The lowest BCUT2D eigenvalue weighted by atomic mass is 10.0. The summed E-state index contributed by atoms with van der Waals surface area (Å²) in [4.78, 5) is 15.3. The summed E-state index contributed by atoms with van der Waals surface area (Å²) in [6, 6.07) is 7.00. The van der Waals surface area contributed by atoms with Gasteiger partial charge in [0.1, 0.15) is 5.82 Å². The number of rotatable bonds is 4. The maximum atomic E-state index is 11.3. The molecule has 1 aromatic heterocycles. The van der Waals surface area contributed by atoms with Crippen molar-refractivity contribution in [1.29, 1.82) is 0 Å². The fraction of sp³-hybridized carbons (Fsp3) is 0.143. The van der Waals surface area contributed by atoms with E-state index in [0.29, 0.717) is 17.1 Å². The topological polar surface area (TPSA) is 100 Å². The molecular weight excluding hydrogens is 258 g/mol. The SMILES string of the molecule is COc1ccc(-c2cnc(N)c(C(N)=O)c2)cc1OC. The van der Waals surface area contributed by atoms with E-state index in [0.717, 1.165) is 5.56 Å². The Labute approximate surface area is 116 Å². The van der Waals surface area contributed by atoms with Crippen LogP contribution in [0.15, 0.2) is 30.5 Å². The highest BCUT2D eigenvalue weighted by molar-refractivity contribution is 5.98. The highest BCUT2D eigenvalue weighted by atomic mass is 16.5. The average Bonchev–Trinajstić information content (AvgIpc) is 2.46. The molecule has 1 aromatic carbocycles. The van der Waals surface area contributed by atoms with Crippen molar-refractivity contribution >= 4 is 11.7 Å². The Balaban J connectivity index is 2.51. The van der Waals surface area contributed by atoms with Crippen LogP contribution in [0.5, 0.6) is 11.5 Å². The van der Waals surface area contributed by atoms with Crippen molar-refractivity contribution in [2.75, 3.05) is 20.0 Å². The molecule has 6 nitrogen and oxygen atoms in total. The summed E-state index contributed by atoms with van der Waals surface area (Å²) in [7, 11) is 3.12. The number of nitrogens with two attached hydrogens (primary N) is 2. The average molecular weight is 273 g/mol. The van der Waals surface area contributed by atoms with Gasteiger partial charge in [0.2, 0.25) is 0 Å². The number of benzene rings is 1. The minimum Gasteiger partial charge on any atom is -0.493 e. The Morgan fingerprint density at radius 1 is 1.10 bits per heavy atom. The Hall–Kier alpha value is -2.76. The van der Waals surface area contributed by atoms with Gasteiger partial charge < -0.3 is 20.9 Å². The van der Waals surface area contributed by atoms with Gasteiger partial charge in [0.25, 0.3) is 5.91 Å². The summed E-state index contributed by atoms with van der Waals surface area (Å²) in [5, 5.41) is 0. The highest BCUT2D eigenvalue weighted by Crippen LogP contribution is 2.32. The number of aromatic nitrogens is 1. The third kappa shape index (κ3) is 2.49. The summed E-state index contributed by atoms with van der Waals surface area (Å²) in [5.74, 6) is 0.705. The molecule has 0 unspecified atom stereocenters. The number of amides is 1. The molecule has 6 heteroatoms. The predicted octanol–water partition coefficient (Wildman–Crippen LogP) is 1.45. The Morgan fingerprint density at radius 2 is 1.80 bits per heavy atom. The third-order valence-corrected chi connectivity index (χ3v) is 2.90. The molecule has 0 bridgehead atoms. The van der Waals surface area contributed by atoms with Gasteiger partial charge in [-0.1, -0.05) is 6.07 Å². The molecule has 104 valence electrons.